The highest BCUT2D eigenvalue weighted by Crippen LogP contribution is 2.22. The van der Waals surface area contributed by atoms with Crippen LogP contribution in [-0.2, 0) is 20.8 Å². The molecule has 0 aromatic heterocycles. The molecule has 0 saturated carbocycles. The maximum absolute atomic E-state index is 13.5. The third-order valence-electron chi connectivity index (χ3n) is 5.55. The van der Waals surface area contributed by atoms with Crippen molar-refractivity contribution in [2.45, 2.75) is 50.2 Å². The first-order chi connectivity index (χ1) is 14.3. The largest absolute Gasteiger partial charge is 0.370 e. The lowest BCUT2D eigenvalue weighted by molar-refractivity contribution is -0.142. The molecule has 2 rings (SSSR count). The van der Waals surface area contributed by atoms with Gasteiger partial charge in [0.15, 0.2) is 5.96 Å². The van der Waals surface area contributed by atoms with Crippen LogP contribution >= 0.6 is 0 Å². The van der Waals surface area contributed by atoms with Crippen LogP contribution in [-0.4, -0.2) is 72.1 Å². The van der Waals surface area contributed by atoms with E-state index in [0.29, 0.717) is 38.8 Å². The standard InChI is InChI=1S/C21H32N6O3/c1-26(16(14-28)9-5-11-25-21(23)24)18(13-15-7-3-2-4-8-15)20(30)27-12-6-10-17(27)19(22)29/h2-4,7-8,14,16-18H,5-6,9-13H2,1H3,(H2,22,29)(H4,23,24,25)/t16-,17-,18+/m0/s1. The average molecular weight is 417 g/mol. The molecule has 2 amide bonds. The van der Waals surface area contributed by atoms with Crippen LogP contribution in [0.3, 0.4) is 0 Å². The minimum Gasteiger partial charge on any atom is -0.370 e. The van der Waals surface area contributed by atoms with Gasteiger partial charge in [0.25, 0.3) is 0 Å². The van der Waals surface area contributed by atoms with E-state index in [1.165, 1.54) is 0 Å². The molecule has 1 fully saturated rings. The molecule has 1 heterocycles. The van der Waals surface area contributed by atoms with E-state index in [0.717, 1.165) is 18.3 Å². The quantitative estimate of drug-likeness (QED) is 0.194. The highest BCUT2D eigenvalue weighted by Gasteiger charge is 2.38. The highest BCUT2D eigenvalue weighted by molar-refractivity contribution is 5.90. The van der Waals surface area contributed by atoms with E-state index >= 15 is 0 Å². The van der Waals surface area contributed by atoms with Gasteiger partial charge in [-0.1, -0.05) is 30.3 Å². The monoisotopic (exact) mass is 416 g/mol. The van der Waals surface area contributed by atoms with Crippen LogP contribution in [0.2, 0.25) is 0 Å². The van der Waals surface area contributed by atoms with Crippen molar-refractivity contribution in [3.63, 3.8) is 0 Å². The molecule has 0 spiro atoms. The number of benzene rings is 1. The number of likely N-dealkylation sites (N-methyl/N-ethyl adjacent to an activating group) is 1. The Morgan fingerprint density at radius 3 is 2.57 bits per heavy atom. The summed E-state index contributed by atoms with van der Waals surface area (Å²) in [5.74, 6) is -0.667. The van der Waals surface area contributed by atoms with Gasteiger partial charge in [-0.25, -0.2) is 0 Å². The molecule has 164 valence electrons. The molecular formula is C21H32N6O3. The van der Waals surface area contributed by atoms with Crippen LogP contribution in [0.15, 0.2) is 35.3 Å². The zero-order chi connectivity index (χ0) is 22.1. The fourth-order valence-electron chi connectivity index (χ4n) is 3.87. The number of aldehydes is 1. The Morgan fingerprint density at radius 2 is 1.97 bits per heavy atom. The molecule has 9 heteroatoms. The maximum Gasteiger partial charge on any atom is 0.240 e. The Bertz CT molecular complexity index is 750. The lowest BCUT2D eigenvalue weighted by atomic mass is 10.0. The zero-order valence-corrected chi connectivity index (χ0v) is 17.4. The summed E-state index contributed by atoms with van der Waals surface area (Å²) in [6, 6.07) is 7.94. The molecule has 1 saturated heterocycles. The van der Waals surface area contributed by atoms with Gasteiger partial charge in [-0.2, -0.15) is 0 Å². The summed E-state index contributed by atoms with van der Waals surface area (Å²) in [6.07, 6.45) is 3.68. The van der Waals surface area contributed by atoms with E-state index in [2.05, 4.69) is 4.99 Å². The zero-order valence-electron chi connectivity index (χ0n) is 17.4. The van der Waals surface area contributed by atoms with Crippen LogP contribution in [0.5, 0.6) is 0 Å². The number of nitrogens with two attached hydrogens (primary N) is 3. The first-order valence-corrected chi connectivity index (χ1v) is 10.2. The Labute approximate surface area is 177 Å². The van der Waals surface area contributed by atoms with E-state index in [1.54, 1.807) is 16.8 Å². The molecule has 3 atom stereocenters. The van der Waals surface area contributed by atoms with Gasteiger partial charge in [-0.3, -0.25) is 19.5 Å². The number of rotatable bonds is 11. The Balaban J connectivity index is 2.20. The number of guanidine groups is 1. The first-order valence-electron chi connectivity index (χ1n) is 10.2. The molecular weight excluding hydrogens is 384 g/mol. The number of primary amides is 1. The van der Waals surface area contributed by atoms with Crippen molar-refractivity contribution in [3.05, 3.63) is 35.9 Å². The molecule has 1 aliphatic rings. The number of likely N-dealkylation sites (tertiary alicyclic amines) is 1. The fourth-order valence-corrected chi connectivity index (χ4v) is 3.87. The summed E-state index contributed by atoms with van der Waals surface area (Å²) >= 11 is 0. The predicted molar refractivity (Wildman–Crippen MR) is 115 cm³/mol. The number of amides is 2. The third kappa shape index (κ3) is 6.28. The van der Waals surface area contributed by atoms with Crippen molar-refractivity contribution < 1.29 is 14.4 Å². The van der Waals surface area contributed by atoms with Gasteiger partial charge in [-0.05, 0) is 44.7 Å². The number of hydrogen-bond acceptors (Lipinski definition) is 5. The molecule has 1 aromatic carbocycles. The molecule has 9 nitrogen and oxygen atoms in total. The van der Waals surface area contributed by atoms with Gasteiger partial charge in [0.2, 0.25) is 11.8 Å². The smallest absolute Gasteiger partial charge is 0.240 e. The third-order valence-corrected chi connectivity index (χ3v) is 5.55. The highest BCUT2D eigenvalue weighted by atomic mass is 16.2. The lowest BCUT2D eigenvalue weighted by Gasteiger charge is -2.35. The van der Waals surface area contributed by atoms with Gasteiger partial charge in [0, 0.05) is 13.1 Å². The second kappa shape index (κ2) is 11.3. The van der Waals surface area contributed by atoms with Crippen LogP contribution < -0.4 is 17.2 Å². The van der Waals surface area contributed by atoms with Crippen LogP contribution in [0.25, 0.3) is 0 Å². The number of carbonyl (C=O) groups is 3. The molecule has 1 aliphatic heterocycles. The Kier molecular flexibility index (Phi) is 8.79. The van der Waals surface area contributed by atoms with Gasteiger partial charge in [-0.15, -0.1) is 0 Å². The van der Waals surface area contributed by atoms with E-state index in [9.17, 15) is 14.4 Å². The SMILES string of the molecule is CN([C@H](C=O)CCCN=C(N)N)[C@H](Cc1ccccc1)C(=O)N1CCC[C@H]1C(N)=O. The molecule has 0 unspecified atom stereocenters. The minimum atomic E-state index is -0.597. The van der Waals surface area contributed by atoms with Gasteiger partial charge in [0.1, 0.15) is 12.3 Å². The minimum absolute atomic E-state index is 0.00895. The number of aliphatic imine (C=N–C) groups is 1. The summed E-state index contributed by atoms with van der Waals surface area (Å²) in [5.41, 5.74) is 17.2. The van der Waals surface area contributed by atoms with Crippen LogP contribution in [0.1, 0.15) is 31.2 Å². The molecule has 30 heavy (non-hydrogen) atoms. The summed E-state index contributed by atoms with van der Waals surface area (Å²) in [4.78, 5) is 44.4. The summed E-state index contributed by atoms with van der Waals surface area (Å²) in [7, 11) is 1.76. The van der Waals surface area contributed by atoms with Gasteiger partial charge >= 0.3 is 0 Å². The summed E-state index contributed by atoms with van der Waals surface area (Å²) in [5, 5.41) is 0. The maximum atomic E-state index is 13.5. The Hall–Kier alpha value is -2.94. The van der Waals surface area contributed by atoms with E-state index in [-0.39, 0.29) is 11.9 Å². The van der Waals surface area contributed by atoms with Crippen LogP contribution in [0, 0.1) is 0 Å². The average Bonchev–Trinajstić information content (AvgIpc) is 3.22. The first kappa shape index (κ1) is 23.3. The fraction of sp³-hybridized carbons (Fsp3) is 0.524. The van der Waals surface area contributed by atoms with Crippen LogP contribution in [0.4, 0.5) is 0 Å². The van der Waals surface area contributed by atoms with Crippen molar-refractivity contribution in [1.82, 2.24) is 9.80 Å². The van der Waals surface area contributed by atoms with E-state index in [4.69, 9.17) is 17.2 Å². The second-order valence-electron chi connectivity index (χ2n) is 7.62. The van der Waals surface area contributed by atoms with Crippen molar-refractivity contribution in [2.24, 2.45) is 22.2 Å². The summed E-state index contributed by atoms with van der Waals surface area (Å²) < 4.78 is 0. The molecule has 0 aliphatic carbocycles. The Morgan fingerprint density at radius 1 is 1.27 bits per heavy atom. The van der Waals surface area contributed by atoms with E-state index < -0.39 is 24.0 Å². The second-order valence-corrected chi connectivity index (χ2v) is 7.62. The van der Waals surface area contributed by atoms with E-state index in [1.807, 2.05) is 30.3 Å². The number of carbonyl (C=O) groups excluding carboxylic acids is 3. The number of nitrogens with zero attached hydrogens (tertiary/aromatic N) is 3. The van der Waals surface area contributed by atoms with Crippen molar-refractivity contribution in [1.29, 1.82) is 0 Å². The topological polar surface area (TPSA) is 148 Å². The van der Waals surface area contributed by atoms with Crippen molar-refractivity contribution >= 4 is 24.1 Å². The molecule has 1 aromatic rings. The van der Waals surface area contributed by atoms with Crippen molar-refractivity contribution in [2.75, 3.05) is 20.1 Å². The number of hydrogen-bond donors (Lipinski definition) is 3. The normalized spacial score (nSPS) is 18.1. The van der Waals surface area contributed by atoms with Gasteiger partial charge < -0.3 is 26.9 Å². The molecule has 6 N–H and O–H groups in total. The molecule has 0 bridgehead atoms. The van der Waals surface area contributed by atoms with Gasteiger partial charge in [0.05, 0.1) is 12.1 Å². The lowest BCUT2D eigenvalue weighted by Crippen LogP contribution is -2.55. The summed E-state index contributed by atoms with van der Waals surface area (Å²) in [6.45, 7) is 0.898. The predicted octanol–water partition coefficient (Wildman–Crippen LogP) is -0.373. The van der Waals surface area contributed by atoms with Crippen molar-refractivity contribution in [3.8, 4) is 0 Å². The molecule has 0 radical (unpaired) electrons.